The lowest BCUT2D eigenvalue weighted by molar-refractivity contribution is 0.456. The maximum atomic E-state index is 14.2. The molecule has 0 amide bonds. The normalized spacial score (nSPS) is 14.6. The summed E-state index contributed by atoms with van der Waals surface area (Å²) in [6, 6.07) is 16.6. The molecule has 13 heteroatoms. The van der Waals surface area contributed by atoms with Gasteiger partial charge in [-0.2, -0.15) is 0 Å². The summed E-state index contributed by atoms with van der Waals surface area (Å²) in [6.45, 7) is 0.918. The Kier molecular flexibility index (Phi) is 7.37. The van der Waals surface area contributed by atoms with Crippen molar-refractivity contribution < 1.29 is 17.2 Å². The van der Waals surface area contributed by atoms with E-state index in [4.69, 9.17) is 28.2 Å². The van der Waals surface area contributed by atoms with E-state index in [-0.39, 0.29) is 0 Å². The van der Waals surface area contributed by atoms with Gasteiger partial charge >= 0.3 is 0 Å². The molecule has 41 heavy (non-hydrogen) atoms. The summed E-state index contributed by atoms with van der Waals surface area (Å²) in [4.78, 5) is 15.5. The summed E-state index contributed by atoms with van der Waals surface area (Å²) in [5, 5.41) is 1.12. The third-order valence-electron chi connectivity index (χ3n) is 6.92. The van der Waals surface area contributed by atoms with E-state index in [1.165, 1.54) is 6.33 Å². The number of imidazole rings is 1. The molecule has 0 radical (unpaired) electrons. The summed E-state index contributed by atoms with van der Waals surface area (Å²) < 4.78 is 57.4. The first-order valence-electron chi connectivity index (χ1n) is 12.7. The van der Waals surface area contributed by atoms with Gasteiger partial charge in [-0.15, -0.1) is 0 Å². The number of rotatable bonds is 6. The Morgan fingerprint density at radius 2 is 1.66 bits per heavy atom. The molecule has 0 aliphatic carbocycles. The number of halogens is 4. The summed E-state index contributed by atoms with van der Waals surface area (Å²) in [7, 11) is -4.17. The van der Waals surface area contributed by atoms with E-state index < -0.39 is 32.6 Å². The number of piperidine rings is 1. The molecule has 0 unspecified atom stereocenters. The Bertz CT molecular complexity index is 1860. The third-order valence-corrected chi connectivity index (χ3v) is 9.06. The first-order chi connectivity index (χ1) is 19.7. The van der Waals surface area contributed by atoms with Gasteiger partial charge in [0.05, 0.1) is 5.02 Å². The van der Waals surface area contributed by atoms with Gasteiger partial charge < -0.3 is 4.90 Å². The molecule has 0 atom stereocenters. The first-order valence-corrected chi connectivity index (χ1v) is 14.9. The molecule has 2 aromatic heterocycles. The van der Waals surface area contributed by atoms with E-state index in [1.807, 2.05) is 39.8 Å². The van der Waals surface area contributed by atoms with E-state index in [0.29, 0.717) is 70.4 Å². The lowest BCUT2D eigenvalue weighted by atomic mass is 10.1. The monoisotopic (exact) mass is 614 g/mol. The van der Waals surface area contributed by atoms with Crippen LogP contribution in [0.1, 0.15) is 12.8 Å². The molecule has 1 aliphatic rings. The van der Waals surface area contributed by atoms with Crippen LogP contribution in [0.25, 0.3) is 28.2 Å². The van der Waals surface area contributed by atoms with Crippen LogP contribution in [0.4, 0.5) is 14.6 Å². The van der Waals surface area contributed by atoms with Crippen LogP contribution in [-0.2, 0) is 10.0 Å². The van der Waals surface area contributed by atoms with Gasteiger partial charge in [-0.3, -0.25) is 4.57 Å². The van der Waals surface area contributed by atoms with Crippen molar-refractivity contribution in [3.63, 3.8) is 0 Å². The number of sulfonamides is 1. The number of benzene rings is 3. The minimum atomic E-state index is -4.17. The predicted molar refractivity (Wildman–Crippen MR) is 154 cm³/mol. The van der Waals surface area contributed by atoms with Gasteiger partial charge in [0.2, 0.25) is 10.0 Å². The van der Waals surface area contributed by atoms with Gasteiger partial charge in [-0.05, 0) is 61.4 Å². The molecule has 3 heterocycles. The molecule has 0 spiro atoms. The molecule has 1 fully saturated rings. The van der Waals surface area contributed by atoms with Crippen molar-refractivity contribution >= 4 is 50.2 Å². The van der Waals surface area contributed by atoms with Gasteiger partial charge in [0.25, 0.3) is 0 Å². The highest BCUT2D eigenvalue weighted by Crippen LogP contribution is 2.35. The lowest BCUT2D eigenvalue weighted by Gasteiger charge is -2.33. The van der Waals surface area contributed by atoms with Crippen LogP contribution in [-0.4, -0.2) is 47.1 Å². The van der Waals surface area contributed by atoms with E-state index in [1.54, 1.807) is 18.2 Å². The molecular formula is C28H22Cl2F2N6O2S. The Balaban J connectivity index is 1.32. The van der Waals surface area contributed by atoms with Crippen molar-refractivity contribution in [2.24, 2.45) is 0 Å². The molecule has 1 aliphatic heterocycles. The highest BCUT2D eigenvalue weighted by molar-refractivity contribution is 7.89. The SMILES string of the molecule is O=S(=O)(NC1CCN(c2ncnc3c2nc(-c2ccccc2Cl)n3-c2ccc(Cl)cc2)CC1)c1ccc(F)cc1F. The molecule has 8 nitrogen and oxygen atoms in total. The number of aromatic nitrogens is 4. The maximum absolute atomic E-state index is 14.2. The quantitative estimate of drug-likeness (QED) is 0.252. The number of hydrogen-bond donors (Lipinski definition) is 1. The average molecular weight is 615 g/mol. The minimum Gasteiger partial charge on any atom is -0.355 e. The van der Waals surface area contributed by atoms with Gasteiger partial charge in [0.1, 0.15) is 28.7 Å². The van der Waals surface area contributed by atoms with E-state index >= 15 is 0 Å². The predicted octanol–water partition coefficient (Wildman–Crippen LogP) is 6.01. The summed E-state index contributed by atoms with van der Waals surface area (Å²) in [5.74, 6) is -0.799. The second kappa shape index (κ2) is 11.0. The average Bonchev–Trinajstić information content (AvgIpc) is 3.33. The lowest BCUT2D eigenvalue weighted by Crippen LogP contribution is -2.45. The zero-order valence-corrected chi connectivity index (χ0v) is 23.6. The van der Waals surface area contributed by atoms with Crippen LogP contribution in [0.5, 0.6) is 0 Å². The van der Waals surface area contributed by atoms with Gasteiger partial charge in [0.15, 0.2) is 17.0 Å². The van der Waals surface area contributed by atoms with E-state index in [9.17, 15) is 17.2 Å². The van der Waals surface area contributed by atoms with Gasteiger partial charge in [-0.1, -0.05) is 35.3 Å². The highest BCUT2D eigenvalue weighted by Gasteiger charge is 2.29. The van der Waals surface area contributed by atoms with Gasteiger partial charge in [0, 0.05) is 41.5 Å². The molecule has 1 N–H and O–H groups in total. The van der Waals surface area contributed by atoms with Gasteiger partial charge in [-0.25, -0.2) is 36.9 Å². The minimum absolute atomic E-state index is 0.433. The molecular weight excluding hydrogens is 593 g/mol. The molecule has 3 aromatic carbocycles. The number of anilines is 1. The fourth-order valence-corrected chi connectivity index (χ4v) is 6.67. The van der Waals surface area contributed by atoms with Crippen LogP contribution in [0, 0.1) is 11.6 Å². The fraction of sp³-hybridized carbons (Fsp3) is 0.179. The highest BCUT2D eigenvalue weighted by atomic mass is 35.5. The second-order valence-corrected chi connectivity index (χ2v) is 12.1. The van der Waals surface area contributed by atoms with E-state index in [0.717, 1.165) is 17.8 Å². The topological polar surface area (TPSA) is 93.0 Å². The smallest absolute Gasteiger partial charge is 0.243 e. The number of hydrogen-bond acceptors (Lipinski definition) is 6. The van der Waals surface area contributed by atoms with Crippen molar-refractivity contribution in [2.75, 3.05) is 18.0 Å². The molecule has 5 aromatic rings. The molecule has 0 bridgehead atoms. The summed E-state index contributed by atoms with van der Waals surface area (Å²) in [5.41, 5.74) is 2.64. The molecule has 210 valence electrons. The fourth-order valence-electron chi connectivity index (χ4n) is 4.95. The third kappa shape index (κ3) is 5.38. The number of nitrogens with zero attached hydrogens (tertiary/aromatic N) is 5. The number of nitrogens with one attached hydrogen (secondary N) is 1. The zero-order valence-electron chi connectivity index (χ0n) is 21.3. The second-order valence-electron chi connectivity index (χ2n) is 9.55. The molecule has 1 saturated heterocycles. The molecule has 0 saturated carbocycles. The van der Waals surface area contributed by atoms with Crippen molar-refractivity contribution in [1.82, 2.24) is 24.2 Å². The summed E-state index contributed by atoms with van der Waals surface area (Å²) >= 11 is 12.7. The largest absolute Gasteiger partial charge is 0.355 e. The molecule has 6 rings (SSSR count). The van der Waals surface area contributed by atoms with Crippen molar-refractivity contribution in [2.45, 2.75) is 23.8 Å². The van der Waals surface area contributed by atoms with Crippen LogP contribution in [0.15, 0.2) is 78.0 Å². The van der Waals surface area contributed by atoms with Crippen LogP contribution < -0.4 is 9.62 Å². The Hall–Kier alpha value is -3.64. The van der Waals surface area contributed by atoms with Crippen LogP contribution in [0.2, 0.25) is 10.0 Å². The Morgan fingerprint density at radius 3 is 2.37 bits per heavy atom. The van der Waals surface area contributed by atoms with Crippen LogP contribution >= 0.6 is 23.2 Å². The van der Waals surface area contributed by atoms with E-state index in [2.05, 4.69) is 14.7 Å². The van der Waals surface area contributed by atoms with Crippen LogP contribution in [0.3, 0.4) is 0 Å². The Morgan fingerprint density at radius 1 is 0.927 bits per heavy atom. The van der Waals surface area contributed by atoms with Crippen molar-refractivity contribution in [1.29, 1.82) is 0 Å². The summed E-state index contributed by atoms with van der Waals surface area (Å²) in [6.07, 6.45) is 2.33. The zero-order chi connectivity index (χ0) is 28.7. The van der Waals surface area contributed by atoms with Crippen molar-refractivity contribution in [3.05, 3.63) is 94.7 Å². The maximum Gasteiger partial charge on any atom is 0.243 e. The standard InChI is InChI=1S/C28H22Cl2F2N6O2S/c29-17-5-8-20(9-6-17)38-26(21-3-1-2-4-22(21)30)35-25-27(33-16-34-28(25)38)37-13-11-19(12-14-37)36-41(39,40)24-10-7-18(31)15-23(24)32/h1-10,15-16,19,36H,11-14H2. The first kappa shape index (κ1) is 27.5. The number of fused-ring (bicyclic) bond motifs is 1. The Labute approximate surface area is 244 Å². The van der Waals surface area contributed by atoms with Crippen molar-refractivity contribution in [3.8, 4) is 17.1 Å².